The van der Waals surface area contributed by atoms with E-state index in [4.69, 9.17) is 9.47 Å². The summed E-state index contributed by atoms with van der Waals surface area (Å²) in [5.74, 6) is 1.36. The lowest BCUT2D eigenvalue weighted by molar-refractivity contribution is 0.0608. The quantitative estimate of drug-likeness (QED) is 0.525. The summed E-state index contributed by atoms with van der Waals surface area (Å²) in [6.07, 6.45) is 7.17. The maximum Gasteiger partial charge on any atom is 0.161 e. The van der Waals surface area contributed by atoms with Gasteiger partial charge < -0.3 is 23.9 Å². The first kappa shape index (κ1) is 22.6. The number of benzene rings is 1. The lowest BCUT2D eigenvalue weighted by Gasteiger charge is -2.28. The second-order valence-electron chi connectivity index (χ2n) is 8.66. The zero-order chi connectivity index (χ0) is 22.3. The normalized spacial score (nSPS) is 15.9. The Morgan fingerprint density at radius 2 is 1.94 bits per heavy atom. The molecule has 172 valence electrons. The Morgan fingerprint density at radius 1 is 1.09 bits per heavy atom. The van der Waals surface area contributed by atoms with Crippen LogP contribution in [-0.4, -0.2) is 70.8 Å². The number of aliphatic hydroxyl groups is 1. The summed E-state index contributed by atoms with van der Waals surface area (Å²) in [7, 11) is 3.73. The standard InChI is InChI=1S/C25H34N4O3/c1-27(17-21-15-26-25-8-4-7-13-29(21)25)16-20-9-10-23(31-2)24(14-20)32-19-22(30)18-28-11-5-3-6-12-28/h4,7-10,13-15,22,30H,3,5-6,11-12,16-19H2,1-2H3/t22-/m1/s1. The molecule has 1 aromatic carbocycles. The molecule has 0 spiro atoms. The van der Waals surface area contributed by atoms with Crippen molar-refractivity contribution in [2.24, 2.45) is 0 Å². The van der Waals surface area contributed by atoms with Crippen molar-refractivity contribution >= 4 is 5.65 Å². The minimum absolute atomic E-state index is 0.258. The Labute approximate surface area is 190 Å². The van der Waals surface area contributed by atoms with Gasteiger partial charge in [0.2, 0.25) is 0 Å². The van der Waals surface area contributed by atoms with E-state index in [0.717, 1.165) is 43.1 Å². The molecule has 3 heterocycles. The maximum absolute atomic E-state index is 10.4. The summed E-state index contributed by atoms with van der Waals surface area (Å²) in [5.41, 5.74) is 3.23. The van der Waals surface area contributed by atoms with Gasteiger partial charge in [0.25, 0.3) is 0 Å². The third kappa shape index (κ3) is 5.79. The number of aromatic nitrogens is 2. The average molecular weight is 439 g/mol. The highest BCUT2D eigenvalue weighted by Crippen LogP contribution is 2.29. The first-order valence-electron chi connectivity index (χ1n) is 11.4. The fraction of sp³-hybridized carbons (Fsp3) is 0.480. The SMILES string of the molecule is COc1ccc(CN(C)Cc2cnc3ccccn23)cc1OC[C@H](O)CN1CCCCC1. The molecule has 2 aromatic heterocycles. The summed E-state index contributed by atoms with van der Waals surface area (Å²) < 4.78 is 13.6. The smallest absolute Gasteiger partial charge is 0.161 e. The summed E-state index contributed by atoms with van der Waals surface area (Å²) in [4.78, 5) is 9.03. The molecule has 4 rings (SSSR count). The molecule has 1 N–H and O–H groups in total. The van der Waals surface area contributed by atoms with Gasteiger partial charge in [-0.2, -0.15) is 0 Å². The maximum atomic E-state index is 10.4. The number of hydrogen-bond acceptors (Lipinski definition) is 6. The molecule has 0 unspecified atom stereocenters. The summed E-state index contributed by atoms with van der Waals surface area (Å²) in [5, 5.41) is 10.4. The molecule has 0 radical (unpaired) electrons. The molecule has 1 aliphatic rings. The number of aliphatic hydroxyl groups excluding tert-OH is 1. The van der Waals surface area contributed by atoms with E-state index in [2.05, 4.69) is 32.3 Å². The fourth-order valence-electron chi connectivity index (χ4n) is 4.36. The van der Waals surface area contributed by atoms with Crippen LogP contribution in [-0.2, 0) is 13.1 Å². The zero-order valence-corrected chi connectivity index (χ0v) is 19.1. The predicted octanol–water partition coefficient (Wildman–Crippen LogP) is 3.20. The van der Waals surface area contributed by atoms with E-state index in [9.17, 15) is 5.11 Å². The van der Waals surface area contributed by atoms with Gasteiger partial charge in [-0.15, -0.1) is 0 Å². The molecule has 0 bridgehead atoms. The Hall–Kier alpha value is -2.61. The molecule has 0 aliphatic carbocycles. The number of likely N-dealkylation sites (tertiary alicyclic amines) is 1. The van der Waals surface area contributed by atoms with Crippen LogP contribution in [0, 0.1) is 0 Å². The summed E-state index contributed by atoms with van der Waals surface area (Å²) >= 11 is 0. The molecule has 1 atom stereocenters. The first-order valence-corrected chi connectivity index (χ1v) is 11.4. The van der Waals surface area contributed by atoms with Gasteiger partial charge in [0.1, 0.15) is 18.4 Å². The highest BCUT2D eigenvalue weighted by Gasteiger charge is 2.16. The van der Waals surface area contributed by atoms with E-state index >= 15 is 0 Å². The van der Waals surface area contributed by atoms with Gasteiger partial charge in [-0.25, -0.2) is 4.98 Å². The van der Waals surface area contributed by atoms with Gasteiger partial charge >= 0.3 is 0 Å². The van der Waals surface area contributed by atoms with E-state index in [0.29, 0.717) is 18.0 Å². The van der Waals surface area contributed by atoms with Crippen molar-refractivity contribution in [2.45, 2.75) is 38.5 Å². The van der Waals surface area contributed by atoms with Crippen molar-refractivity contribution in [1.29, 1.82) is 0 Å². The van der Waals surface area contributed by atoms with Gasteiger partial charge in [0.05, 0.1) is 19.0 Å². The number of β-amino-alcohol motifs (C(OH)–C–C–N with tert-alkyl or cyclic N) is 1. The van der Waals surface area contributed by atoms with Crippen molar-refractivity contribution in [2.75, 3.05) is 40.4 Å². The molecule has 32 heavy (non-hydrogen) atoms. The van der Waals surface area contributed by atoms with Crippen LogP contribution in [0.15, 0.2) is 48.8 Å². The van der Waals surface area contributed by atoms with Crippen molar-refractivity contribution in [3.05, 3.63) is 60.0 Å². The summed E-state index contributed by atoms with van der Waals surface area (Å²) in [6, 6.07) is 12.0. The molecule has 3 aromatic rings. The van der Waals surface area contributed by atoms with Crippen LogP contribution < -0.4 is 9.47 Å². The van der Waals surface area contributed by atoms with Gasteiger partial charge in [0, 0.05) is 25.8 Å². The van der Waals surface area contributed by atoms with Gasteiger partial charge in [0.15, 0.2) is 11.5 Å². The number of ether oxygens (including phenoxy) is 2. The molecule has 1 fully saturated rings. The van der Waals surface area contributed by atoms with E-state index in [1.165, 1.54) is 19.3 Å². The predicted molar refractivity (Wildman–Crippen MR) is 125 cm³/mol. The molecule has 7 heteroatoms. The van der Waals surface area contributed by atoms with Crippen LogP contribution in [0.5, 0.6) is 11.5 Å². The van der Waals surface area contributed by atoms with Crippen LogP contribution in [0.3, 0.4) is 0 Å². The van der Waals surface area contributed by atoms with Crippen LogP contribution >= 0.6 is 0 Å². The summed E-state index contributed by atoms with van der Waals surface area (Å²) in [6.45, 7) is 4.58. The number of hydrogen-bond donors (Lipinski definition) is 1. The van der Waals surface area contributed by atoms with E-state index < -0.39 is 6.10 Å². The second kappa shape index (κ2) is 10.8. The Morgan fingerprint density at radius 3 is 2.75 bits per heavy atom. The van der Waals surface area contributed by atoms with Gasteiger partial charge in [-0.05, 0) is 62.8 Å². The van der Waals surface area contributed by atoms with Crippen molar-refractivity contribution < 1.29 is 14.6 Å². The van der Waals surface area contributed by atoms with Crippen LogP contribution in [0.4, 0.5) is 0 Å². The number of methoxy groups -OCH3 is 1. The number of nitrogens with zero attached hydrogens (tertiary/aromatic N) is 4. The number of rotatable bonds is 10. The zero-order valence-electron chi connectivity index (χ0n) is 19.1. The van der Waals surface area contributed by atoms with Crippen molar-refractivity contribution in [3.8, 4) is 11.5 Å². The van der Waals surface area contributed by atoms with E-state index in [1.807, 2.05) is 42.7 Å². The number of pyridine rings is 1. The monoisotopic (exact) mass is 438 g/mol. The Balaban J connectivity index is 1.35. The minimum atomic E-state index is -0.515. The van der Waals surface area contributed by atoms with Crippen molar-refractivity contribution in [3.63, 3.8) is 0 Å². The molecule has 1 saturated heterocycles. The minimum Gasteiger partial charge on any atom is -0.493 e. The van der Waals surface area contributed by atoms with Crippen LogP contribution in [0.1, 0.15) is 30.5 Å². The largest absolute Gasteiger partial charge is 0.493 e. The molecule has 7 nitrogen and oxygen atoms in total. The first-order chi connectivity index (χ1) is 15.6. The number of imidazole rings is 1. The Kier molecular flexibility index (Phi) is 7.63. The third-order valence-corrected chi connectivity index (χ3v) is 5.95. The highest BCUT2D eigenvalue weighted by molar-refractivity contribution is 5.43. The van der Waals surface area contributed by atoms with Crippen LogP contribution in [0.25, 0.3) is 5.65 Å². The second-order valence-corrected chi connectivity index (χ2v) is 8.66. The number of piperidine rings is 1. The topological polar surface area (TPSA) is 62.5 Å². The van der Waals surface area contributed by atoms with Gasteiger partial charge in [-0.1, -0.05) is 18.6 Å². The molecule has 1 aliphatic heterocycles. The Bertz CT molecular complexity index is 1000. The van der Waals surface area contributed by atoms with E-state index in [1.54, 1.807) is 7.11 Å². The molecule has 0 amide bonds. The highest BCUT2D eigenvalue weighted by atomic mass is 16.5. The fourth-order valence-corrected chi connectivity index (χ4v) is 4.36. The molecule has 0 saturated carbocycles. The average Bonchev–Trinajstić information content (AvgIpc) is 3.21. The van der Waals surface area contributed by atoms with Crippen molar-refractivity contribution in [1.82, 2.24) is 19.2 Å². The third-order valence-electron chi connectivity index (χ3n) is 5.95. The van der Waals surface area contributed by atoms with Gasteiger partial charge in [-0.3, -0.25) is 4.90 Å². The molecular formula is C25H34N4O3. The molecular weight excluding hydrogens is 404 g/mol. The van der Waals surface area contributed by atoms with E-state index in [-0.39, 0.29) is 6.61 Å². The van der Waals surface area contributed by atoms with Crippen LogP contribution in [0.2, 0.25) is 0 Å². The lowest BCUT2D eigenvalue weighted by Crippen LogP contribution is -2.38. The number of fused-ring (bicyclic) bond motifs is 1. The lowest BCUT2D eigenvalue weighted by atomic mass is 10.1.